The lowest BCUT2D eigenvalue weighted by Gasteiger charge is -2.00. The third kappa shape index (κ3) is 1.20. The van der Waals surface area contributed by atoms with Crippen molar-refractivity contribution in [2.45, 2.75) is 13.5 Å². The van der Waals surface area contributed by atoms with Gasteiger partial charge in [0.05, 0.1) is 11.7 Å². The highest BCUT2D eigenvalue weighted by molar-refractivity contribution is 5.72. The number of nitrogens with zero attached hydrogens (tertiary/aromatic N) is 3. The number of hydrogen-bond donors (Lipinski definition) is 0. The molecule has 0 unspecified atom stereocenters. The van der Waals surface area contributed by atoms with Crippen LogP contribution < -0.4 is 5.56 Å². The van der Waals surface area contributed by atoms with Crippen molar-refractivity contribution in [2.75, 3.05) is 0 Å². The minimum atomic E-state index is -0.0272. The third-order valence-electron chi connectivity index (χ3n) is 1.94. The lowest BCUT2D eigenvalue weighted by molar-refractivity contribution is 0.716. The van der Waals surface area contributed by atoms with E-state index in [1.807, 2.05) is 6.92 Å². The van der Waals surface area contributed by atoms with Crippen molar-refractivity contribution < 1.29 is 0 Å². The summed E-state index contributed by atoms with van der Waals surface area (Å²) in [6, 6.07) is 3.48. The van der Waals surface area contributed by atoms with Crippen molar-refractivity contribution in [1.82, 2.24) is 14.5 Å². The van der Waals surface area contributed by atoms with Crippen LogP contribution in [-0.4, -0.2) is 14.5 Å². The fraction of sp³-hybridized carbons (Fsp3) is 0.222. The van der Waals surface area contributed by atoms with Crippen LogP contribution in [0.3, 0.4) is 0 Å². The van der Waals surface area contributed by atoms with Crippen LogP contribution in [0.25, 0.3) is 11.0 Å². The molecule has 0 atom stereocenters. The van der Waals surface area contributed by atoms with Crippen molar-refractivity contribution in [3.05, 3.63) is 35.0 Å². The molecule has 0 N–H and O–H groups in total. The first kappa shape index (κ1) is 7.91. The number of aromatic nitrogens is 3. The van der Waals surface area contributed by atoms with Crippen molar-refractivity contribution in [2.24, 2.45) is 0 Å². The van der Waals surface area contributed by atoms with Crippen LogP contribution in [0.4, 0.5) is 0 Å². The van der Waals surface area contributed by atoms with Crippen LogP contribution in [0.5, 0.6) is 0 Å². The summed E-state index contributed by atoms with van der Waals surface area (Å²) >= 11 is 0. The molecule has 0 aromatic carbocycles. The lowest BCUT2D eigenvalue weighted by Crippen LogP contribution is -2.19. The molecule has 0 aliphatic rings. The molecule has 0 bridgehead atoms. The molecule has 0 radical (unpaired) electrons. The molecule has 0 aliphatic heterocycles. The molecule has 13 heavy (non-hydrogen) atoms. The van der Waals surface area contributed by atoms with Crippen LogP contribution in [0, 0.1) is 0 Å². The second kappa shape index (κ2) is 2.97. The number of rotatable bonds is 1. The van der Waals surface area contributed by atoms with E-state index in [4.69, 9.17) is 0 Å². The maximum atomic E-state index is 11.6. The van der Waals surface area contributed by atoms with E-state index in [1.165, 1.54) is 6.33 Å². The molecular weight excluding hydrogens is 166 g/mol. The van der Waals surface area contributed by atoms with Crippen molar-refractivity contribution >= 4 is 11.0 Å². The summed E-state index contributed by atoms with van der Waals surface area (Å²) in [6.07, 6.45) is 3.16. The average molecular weight is 175 g/mol. The smallest absolute Gasteiger partial charge is 0.262 e. The van der Waals surface area contributed by atoms with E-state index in [0.29, 0.717) is 17.6 Å². The van der Waals surface area contributed by atoms with E-state index >= 15 is 0 Å². The summed E-state index contributed by atoms with van der Waals surface area (Å²) < 4.78 is 1.56. The van der Waals surface area contributed by atoms with Gasteiger partial charge in [0.2, 0.25) is 0 Å². The molecule has 4 nitrogen and oxygen atoms in total. The summed E-state index contributed by atoms with van der Waals surface area (Å²) in [5.41, 5.74) is 0.484. The van der Waals surface area contributed by atoms with Crippen LogP contribution in [-0.2, 0) is 6.54 Å². The van der Waals surface area contributed by atoms with Gasteiger partial charge in [-0.3, -0.25) is 9.36 Å². The number of pyridine rings is 1. The molecule has 2 aromatic heterocycles. The van der Waals surface area contributed by atoms with E-state index in [1.54, 1.807) is 22.9 Å². The second-order valence-electron chi connectivity index (χ2n) is 2.71. The zero-order valence-electron chi connectivity index (χ0n) is 7.27. The molecule has 2 aromatic rings. The fourth-order valence-corrected chi connectivity index (χ4v) is 1.22. The molecule has 0 spiro atoms. The standard InChI is InChI=1S/C9H9N3O/c1-2-12-6-11-8-7(9(12)13)4-3-5-10-8/h3-6H,2H2,1H3. The Morgan fingerprint density at radius 1 is 1.46 bits per heavy atom. The van der Waals surface area contributed by atoms with E-state index in [2.05, 4.69) is 9.97 Å². The molecule has 0 aliphatic carbocycles. The third-order valence-corrected chi connectivity index (χ3v) is 1.94. The summed E-state index contributed by atoms with van der Waals surface area (Å²) in [5.74, 6) is 0. The first-order valence-electron chi connectivity index (χ1n) is 4.13. The molecular formula is C9H9N3O. The topological polar surface area (TPSA) is 47.8 Å². The second-order valence-corrected chi connectivity index (χ2v) is 2.71. The van der Waals surface area contributed by atoms with Crippen molar-refractivity contribution in [1.29, 1.82) is 0 Å². The fourth-order valence-electron chi connectivity index (χ4n) is 1.22. The Morgan fingerprint density at radius 2 is 2.31 bits per heavy atom. The van der Waals surface area contributed by atoms with Gasteiger partial charge in [-0.15, -0.1) is 0 Å². The van der Waals surface area contributed by atoms with Gasteiger partial charge in [-0.25, -0.2) is 9.97 Å². The molecule has 0 saturated carbocycles. The highest BCUT2D eigenvalue weighted by Crippen LogP contribution is 2.00. The SMILES string of the molecule is CCn1cnc2ncccc2c1=O. The van der Waals surface area contributed by atoms with E-state index in [-0.39, 0.29) is 5.56 Å². The Hall–Kier alpha value is -1.71. The summed E-state index contributed by atoms with van der Waals surface area (Å²) in [7, 11) is 0. The quantitative estimate of drug-likeness (QED) is 0.644. The monoisotopic (exact) mass is 175 g/mol. The van der Waals surface area contributed by atoms with Crippen LogP contribution in [0.2, 0.25) is 0 Å². The molecule has 0 fully saturated rings. The van der Waals surface area contributed by atoms with Crippen LogP contribution in [0.1, 0.15) is 6.92 Å². The summed E-state index contributed by atoms with van der Waals surface area (Å²) in [6.45, 7) is 2.54. The number of aryl methyl sites for hydroxylation is 1. The van der Waals surface area contributed by atoms with Gasteiger partial charge < -0.3 is 0 Å². The number of fused-ring (bicyclic) bond motifs is 1. The van der Waals surface area contributed by atoms with E-state index in [9.17, 15) is 4.79 Å². The average Bonchev–Trinajstić information content (AvgIpc) is 2.19. The van der Waals surface area contributed by atoms with Gasteiger partial charge in [-0.2, -0.15) is 0 Å². The molecule has 66 valence electrons. The minimum absolute atomic E-state index is 0.0272. The predicted octanol–water partition coefficient (Wildman–Crippen LogP) is 0.811. The molecule has 0 saturated heterocycles. The van der Waals surface area contributed by atoms with Gasteiger partial charge in [0.15, 0.2) is 5.65 Å². The Balaban J connectivity index is 2.87. The highest BCUT2D eigenvalue weighted by atomic mass is 16.1. The van der Waals surface area contributed by atoms with Gasteiger partial charge in [-0.1, -0.05) is 0 Å². The summed E-state index contributed by atoms with van der Waals surface area (Å²) in [4.78, 5) is 19.7. The van der Waals surface area contributed by atoms with E-state index < -0.39 is 0 Å². The first-order chi connectivity index (χ1) is 6.33. The molecule has 2 heterocycles. The van der Waals surface area contributed by atoms with E-state index in [0.717, 1.165) is 0 Å². The normalized spacial score (nSPS) is 10.5. The Bertz CT molecular complexity index is 489. The Morgan fingerprint density at radius 3 is 3.08 bits per heavy atom. The first-order valence-corrected chi connectivity index (χ1v) is 4.13. The molecule has 4 heteroatoms. The van der Waals surface area contributed by atoms with Gasteiger partial charge in [0.25, 0.3) is 5.56 Å². The van der Waals surface area contributed by atoms with Crippen LogP contribution >= 0.6 is 0 Å². The van der Waals surface area contributed by atoms with Gasteiger partial charge in [-0.05, 0) is 19.1 Å². The van der Waals surface area contributed by atoms with Crippen molar-refractivity contribution in [3.8, 4) is 0 Å². The Labute approximate surface area is 74.9 Å². The van der Waals surface area contributed by atoms with Gasteiger partial charge >= 0.3 is 0 Å². The lowest BCUT2D eigenvalue weighted by atomic mass is 10.3. The van der Waals surface area contributed by atoms with Gasteiger partial charge in [0, 0.05) is 12.7 Å². The number of hydrogen-bond acceptors (Lipinski definition) is 3. The zero-order chi connectivity index (χ0) is 9.26. The largest absolute Gasteiger partial charge is 0.299 e. The maximum absolute atomic E-state index is 11.6. The van der Waals surface area contributed by atoms with Crippen molar-refractivity contribution in [3.63, 3.8) is 0 Å². The summed E-state index contributed by atoms with van der Waals surface area (Å²) in [5, 5.41) is 0.576. The molecule has 2 rings (SSSR count). The maximum Gasteiger partial charge on any atom is 0.262 e. The zero-order valence-corrected chi connectivity index (χ0v) is 7.27. The predicted molar refractivity (Wildman–Crippen MR) is 49.5 cm³/mol. The highest BCUT2D eigenvalue weighted by Gasteiger charge is 2.01. The minimum Gasteiger partial charge on any atom is -0.299 e. The Kier molecular flexibility index (Phi) is 1.81. The van der Waals surface area contributed by atoms with Crippen LogP contribution in [0.15, 0.2) is 29.5 Å². The van der Waals surface area contributed by atoms with Gasteiger partial charge in [0.1, 0.15) is 0 Å². The molecule has 0 amide bonds.